The number of carbonyl (C=O) groups excluding carboxylic acids is 2. The number of furan rings is 1. The molecule has 0 saturated heterocycles. The standard InChI is InChI=1S/C34H31FN2O5/c1-2-41-34(40)30-24(10-7-21-8-15-25(35)16-9-21)19-27-28-6-3-17-37(28)33(39)31(27)29(30)22-11-13-23(14-12-22)32(38)36-20-26-5-4-18-42-26/h4-5,8-9,11-16,18-19,39H,2-3,6-7,10,17,20H2,1H3,(H,36,38). The highest BCUT2D eigenvalue weighted by Crippen LogP contribution is 2.45. The fourth-order valence-corrected chi connectivity index (χ4v) is 5.85. The maximum absolute atomic E-state index is 13.6. The lowest BCUT2D eigenvalue weighted by Crippen LogP contribution is -2.22. The van der Waals surface area contributed by atoms with Crippen LogP contribution in [-0.2, 0) is 37.1 Å². The molecular weight excluding hydrogens is 535 g/mol. The van der Waals surface area contributed by atoms with E-state index in [2.05, 4.69) is 5.32 Å². The molecule has 8 heteroatoms. The number of nitrogens with one attached hydrogen (secondary N) is 1. The van der Waals surface area contributed by atoms with Crippen LogP contribution in [0, 0.1) is 5.82 Å². The fraction of sp³-hybridized carbons (Fsp3) is 0.235. The number of halogens is 1. The minimum absolute atomic E-state index is 0.128. The molecular formula is C34H31FN2O5. The molecule has 1 aliphatic heterocycles. The third-order valence-electron chi connectivity index (χ3n) is 7.84. The molecule has 214 valence electrons. The number of aromatic nitrogens is 1. The van der Waals surface area contributed by atoms with Crippen LogP contribution in [0.1, 0.15) is 56.6 Å². The van der Waals surface area contributed by atoms with E-state index in [0.717, 1.165) is 35.0 Å². The van der Waals surface area contributed by atoms with Crippen LogP contribution in [0.25, 0.3) is 21.9 Å². The van der Waals surface area contributed by atoms with Crippen LogP contribution in [0.2, 0.25) is 0 Å². The van der Waals surface area contributed by atoms with Crippen molar-refractivity contribution in [3.05, 3.63) is 113 Å². The van der Waals surface area contributed by atoms with Gasteiger partial charge in [-0.3, -0.25) is 4.79 Å². The van der Waals surface area contributed by atoms with E-state index in [0.29, 0.717) is 52.8 Å². The van der Waals surface area contributed by atoms with Crippen LogP contribution in [0.4, 0.5) is 4.39 Å². The van der Waals surface area contributed by atoms with E-state index in [-0.39, 0.29) is 30.8 Å². The largest absolute Gasteiger partial charge is 0.494 e. The third kappa shape index (κ3) is 5.16. The molecule has 5 aromatic rings. The summed E-state index contributed by atoms with van der Waals surface area (Å²) in [5.41, 5.74) is 4.90. The molecule has 0 bridgehead atoms. The number of aryl methyl sites for hydroxylation is 3. The van der Waals surface area contributed by atoms with Gasteiger partial charge in [-0.25, -0.2) is 9.18 Å². The SMILES string of the molecule is CCOC(=O)c1c(CCc2ccc(F)cc2)cc2c3n(c(O)c2c1-c1ccc(C(=O)NCc2ccco2)cc1)CCC3. The Morgan fingerprint density at radius 1 is 1.07 bits per heavy atom. The van der Waals surface area contributed by atoms with Crippen molar-refractivity contribution in [2.24, 2.45) is 0 Å². The second-order valence-electron chi connectivity index (χ2n) is 10.4. The number of aromatic hydroxyl groups is 1. The van der Waals surface area contributed by atoms with Crippen LogP contribution in [0.3, 0.4) is 0 Å². The molecule has 3 aromatic carbocycles. The Morgan fingerprint density at radius 3 is 2.57 bits per heavy atom. The summed E-state index contributed by atoms with van der Waals surface area (Å²) in [6, 6.07) is 18.9. The summed E-state index contributed by atoms with van der Waals surface area (Å²) in [6.45, 7) is 2.92. The second-order valence-corrected chi connectivity index (χ2v) is 10.4. The summed E-state index contributed by atoms with van der Waals surface area (Å²) in [4.78, 5) is 26.4. The van der Waals surface area contributed by atoms with Gasteiger partial charge < -0.3 is 24.1 Å². The molecule has 0 atom stereocenters. The molecule has 0 spiro atoms. The van der Waals surface area contributed by atoms with E-state index in [4.69, 9.17) is 9.15 Å². The number of esters is 1. The van der Waals surface area contributed by atoms with E-state index in [1.165, 1.54) is 12.1 Å². The average Bonchev–Trinajstić information content (AvgIpc) is 3.76. The van der Waals surface area contributed by atoms with Crippen LogP contribution in [-0.4, -0.2) is 28.2 Å². The Hall–Kier alpha value is -4.85. The Bertz CT molecular complexity index is 1750. The Morgan fingerprint density at radius 2 is 1.86 bits per heavy atom. The van der Waals surface area contributed by atoms with Gasteiger partial charge in [0.2, 0.25) is 0 Å². The van der Waals surface area contributed by atoms with Crippen molar-refractivity contribution in [3.63, 3.8) is 0 Å². The molecule has 7 nitrogen and oxygen atoms in total. The molecule has 6 rings (SSSR count). The molecule has 3 heterocycles. The molecule has 2 aromatic heterocycles. The molecule has 2 N–H and O–H groups in total. The van der Waals surface area contributed by atoms with Gasteiger partial charge in [0.25, 0.3) is 5.91 Å². The smallest absolute Gasteiger partial charge is 0.339 e. The first-order valence-electron chi connectivity index (χ1n) is 14.2. The van der Waals surface area contributed by atoms with Crippen molar-refractivity contribution in [1.82, 2.24) is 9.88 Å². The van der Waals surface area contributed by atoms with Crippen molar-refractivity contribution in [2.75, 3.05) is 6.61 Å². The number of hydrogen-bond acceptors (Lipinski definition) is 5. The Kier molecular flexibility index (Phi) is 7.52. The van der Waals surface area contributed by atoms with Crippen LogP contribution in [0.15, 0.2) is 77.4 Å². The first kappa shape index (κ1) is 27.3. The summed E-state index contributed by atoms with van der Waals surface area (Å²) < 4.78 is 26.3. The van der Waals surface area contributed by atoms with Gasteiger partial charge in [-0.2, -0.15) is 0 Å². The Labute approximate surface area is 242 Å². The van der Waals surface area contributed by atoms with E-state index < -0.39 is 5.97 Å². The number of amides is 1. The van der Waals surface area contributed by atoms with Gasteiger partial charge in [0.1, 0.15) is 11.6 Å². The summed E-state index contributed by atoms with van der Waals surface area (Å²) in [7, 11) is 0. The average molecular weight is 567 g/mol. The monoisotopic (exact) mass is 566 g/mol. The zero-order valence-electron chi connectivity index (χ0n) is 23.3. The van der Waals surface area contributed by atoms with E-state index in [9.17, 15) is 19.1 Å². The first-order valence-corrected chi connectivity index (χ1v) is 14.2. The van der Waals surface area contributed by atoms with Gasteiger partial charge in [-0.05, 0) is 91.8 Å². The minimum Gasteiger partial charge on any atom is -0.494 e. The Balaban J connectivity index is 1.45. The topological polar surface area (TPSA) is 93.7 Å². The lowest BCUT2D eigenvalue weighted by atomic mass is 9.87. The van der Waals surface area contributed by atoms with Gasteiger partial charge >= 0.3 is 5.97 Å². The van der Waals surface area contributed by atoms with Gasteiger partial charge in [-0.15, -0.1) is 0 Å². The van der Waals surface area contributed by atoms with Crippen molar-refractivity contribution < 1.29 is 28.2 Å². The van der Waals surface area contributed by atoms with Gasteiger partial charge in [0.05, 0.1) is 30.4 Å². The number of fused-ring (bicyclic) bond motifs is 3. The predicted molar refractivity (Wildman–Crippen MR) is 157 cm³/mol. The zero-order valence-corrected chi connectivity index (χ0v) is 23.3. The van der Waals surface area contributed by atoms with Gasteiger partial charge in [-0.1, -0.05) is 24.3 Å². The summed E-state index contributed by atoms with van der Waals surface area (Å²) >= 11 is 0. The number of benzene rings is 3. The molecule has 0 radical (unpaired) electrons. The van der Waals surface area contributed by atoms with E-state index in [1.807, 2.05) is 10.6 Å². The molecule has 0 aliphatic carbocycles. The van der Waals surface area contributed by atoms with Crippen LogP contribution >= 0.6 is 0 Å². The molecule has 1 aliphatic rings. The minimum atomic E-state index is -0.477. The van der Waals surface area contributed by atoms with Gasteiger partial charge in [0, 0.05) is 28.8 Å². The normalized spacial score (nSPS) is 12.4. The molecule has 0 fully saturated rings. The van der Waals surface area contributed by atoms with E-state index in [1.54, 1.807) is 61.7 Å². The zero-order chi connectivity index (χ0) is 29.2. The van der Waals surface area contributed by atoms with Gasteiger partial charge in [0.15, 0.2) is 5.88 Å². The number of rotatable bonds is 9. The van der Waals surface area contributed by atoms with Crippen molar-refractivity contribution in [2.45, 2.75) is 45.7 Å². The molecule has 1 amide bonds. The maximum atomic E-state index is 13.6. The lowest BCUT2D eigenvalue weighted by molar-refractivity contribution is 0.0526. The number of nitrogens with zero attached hydrogens (tertiary/aromatic N) is 1. The van der Waals surface area contributed by atoms with Crippen molar-refractivity contribution in [1.29, 1.82) is 0 Å². The fourth-order valence-electron chi connectivity index (χ4n) is 5.85. The molecule has 42 heavy (non-hydrogen) atoms. The van der Waals surface area contributed by atoms with Crippen molar-refractivity contribution in [3.8, 4) is 17.0 Å². The van der Waals surface area contributed by atoms with Crippen LogP contribution in [0.5, 0.6) is 5.88 Å². The number of carbonyl (C=O) groups is 2. The maximum Gasteiger partial charge on any atom is 0.339 e. The number of hydrogen-bond donors (Lipinski definition) is 2. The van der Waals surface area contributed by atoms with Crippen LogP contribution < -0.4 is 5.32 Å². The summed E-state index contributed by atoms with van der Waals surface area (Å²) in [5.74, 6) is -0.255. The summed E-state index contributed by atoms with van der Waals surface area (Å²) in [5, 5.41) is 15.8. The number of ether oxygens (including phenoxy) is 1. The highest BCUT2D eigenvalue weighted by molar-refractivity contribution is 6.12. The summed E-state index contributed by atoms with van der Waals surface area (Å²) in [6.07, 6.45) is 4.41. The van der Waals surface area contributed by atoms with Crippen molar-refractivity contribution >= 4 is 22.6 Å². The lowest BCUT2D eigenvalue weighted by Gasteiger charge is -2.17. The second kappa shape index (κ2) is 11.6. The first-order chi connectivity index (χ1) is 20.4. The molecule has 0 unspecified atom stereocenters. The highest BCUT2D eigenvalue weighted by Gasteiger charge is 2.29. The van der Waals surface area contributed by atoms with E-state index >= 15 is 0 Å². The third-order valence-corrected chi connectivity index (χ3v) is 7.84. The predicted octanol–water partition coefficient (Wildman–Crippen LogP) is 6.58. The quantitative estimate of drug-likeness (QED) is 0.197. The molecule has 0 saturated carbocycles. The highest BCUT2D eigenvalue weighted by atomic mass is 19.1.